The molecule has 1 fully saturated rings. The Morgan fingerprint density at radius 3 is 2.75 bits per heavy atom. The number of thiophene rings is 1. The number of carbonyl (C=O) groups is 1. The first-order valence-electron chi connectivity index (χ1n) is 8.57. The van der Waals surface area contributed by atoms with Gasteiger partial charge >= 0.3 is 6.03 Å². The van der Waals surface area contributed by atoms with Crippen molar-refractivity contribution in [1.82, 2.24) is 10.6 Å². The molecular weight excluding hydrogens is 324 g/mol. The smallest absolute Gasteiger partial charge is 0.315 e. The topological polar surface area (TPSA) is 74.5 Å². The number of aliphatic hydroxyl groups excluding tert-OH is 1. The fourth-order valence-corrected chi connectivity index (χ4v) is 4.00. The number of urea groups is 1. The minimum atomic E-state index is -0.751. The lowest BCUT2D eigenvalue weighted by Gasteiger charge is -2.16. The van der Waals surface area contributed by atoms with E-state index in [1.165, 1.54) is 37.0 Å². The number of furan rings is 1. The van der Waals surface area contributed by atoms with Crippen LogP contribution in [-0.2, 0) is 6.54 Å². The van der Waals surface area contributed by atoms with Crippen molar-refractivity contribution in [2.24, 2.45) is 0 Å². The van der Waals surface area contributed by atoms with Crippen LogP contribution >= 0.6 is 11.3 Å². The van der Waals surface area contributed by atoms with Crippen LogP contribution in [0.5, 0.6) is 0 Å². The lowest BCUT2D eigenvalue weighted by molar-refractivity contribution is 0.193. The lowest BCUT2D eigenvalue weighted by atomic mass is 10.1. The van der Waals surface area contributed by atoms with Gasteiger partial charge in [-0.3, -0.25) is 0 Å². The molecule has 0 aliphatic heterocycles. The molecule has 2 aromatic rings. The molecule has 5 nitrogen and oxygen atoms in total. The third-order valence-corrected chi connectivity index (χ3v) is 5.52. The number of nitrogens with one attached hydrogen (secondary N) is 2. The Labute approximate surface area is 146 Å². The number of hydrogen-bond acceptors (Lipinski definition) is 4. The van der Waals surface area contributed by atoms with E-state index in [0.29, 0.717) is 18.3 Å². The number of hydrogen-bond donors (Lipinski definition) is 3. The molecule has 3 N–H and O–H groups in total. The second-order valence-electron chi connectivity index (χ2n) is 6.24. The zero-order chi connectivity index (χ0) is 16.8. The van der Waals surface area contributed by atoms with Crippen LogP contribution in [0.4, 0.5) is 4.79 Å². The summed E-state index contributed by atoms with van der Waals surface area (Å²) in [5.74, 6) is 0.530. The fourth-order valence-electron chi connectivity index (χ4n) is 3.05. The molecule has 1 atom stereocenters. The molecule has 1 aliphatic rings. The Bertz CT molecular complexity index is 630. The second kappa shape index (κ2) is 8.35. The van der Waals surface area contributed by atoms with Gasteiger partial charge in [0.15, 0.2) is 0 Å². The van der Waals surface area contributed by atoms with Crippen molar-refractivity contribution in [3.8, 4) is 0 Å². The maximum atomic E-state index is 12.0. The first kappa shape index (κ1) is 17.0. The minimum absolute atomic E-state index is 0.108. The highest BCUT2D eigenvalue weighted by molar-refractivity contribution is 7.12. The van der Waals surface area contributed by atoms with Gasteiger partial charge in [-0.2, -0.15) is 0 Å². The lowest BCUT2D eigenvalue weighted by Crippen LogP contribution is -2.41. The summed E-state index contributed by atoms with van der Waals surface area (Å²) in [6.07, 6.45) is 7.89. The van der Waals surface area contributed by atoms with Gasteiger partial charge in [0.2, 0.25) is 0 Å². The normalized spacial score (nSPS) is 17.2. The van der Waals surface area contributed by atoms with Crippen molar-refractivity contribution in [3.05, 3.63) is 46.0 Å². The zero-order valence-corrected chi connectivity index (χ0v) is 14.5. The molecule has 0 aromatic carbocycles. The van der Waals surface area contributed by atoms with Gasteiger partial charge in [-0.25, -0.2) is 4.79 Å². The van der Waals surface area contributed by atoms with Crippen molar-refractivity contribution >= 4 is 17.4 Å². The summed E-state index contributed by atoms with van der Waals surface area (Å²) in [5.41, 5.74) is 0. The van der Waals surface area contributed by atoms with E-state index in [9.17, 15) is 9.90 Å². The Balaban J connectivity index is 1.47. The van der Waals surface area contributed by atoms with Crippen molar-refractivity contribution in [3.63, 3.8) is 0 Å². The van der Waals surface area contributed by atoms with Crippen molar-refractivity contribution in [2.75, 3.05) is 0 Å². The Hall–Kier alpha value is -1.79. The summed E-state index contributed by atoms with van der Waals surface area (Å²) in [4.78, 5) is 13.9. The molecule has 3 rings (SSSR count). The van der Waals surface area contributed by atoms with Gasteiger partial charge in [-0.1, -0.05) is 25.7 Å². The highest BCUT2D eigenvalue weighted by Crippen LogP contribution is 2.28. The van der Waals surface area contributed by atoms with E-state index in [0.717, 1.165) is 22.6 Å². The fraction of sp³-hybridized carbons (Fsp3) is 0.500. The molecule has 0 bridgehead atoms. The summed E-state index contributed by atoms with van der Waals surface area (Å²) >= 11 is 1.48. The number of carbonyl (C=O) groups excluding carboxylic acids is 1. The van der Waals surface area contributed by atoms with Crippen LogP contribution in [0, 0.1) is 0 Å². The van der Waals surface area contributed by atoms with Gasteiger partial charge in [-0.05, 0) is 37.1 Å². The third-order valence-electron chi connectivity index (χ3n) is 4.38. The summed E-state index contributed by atoms with van der Waals surface area (Å²) in [7, 11) is 0. The van der Waals surface area contributed by atoms with E-state index in [1.807, 2.05) is 12.1 Å². The van der Waals surface area contributed by atoms with Crippen LogP contribution in [0.25, 0.3) is 0 Å². The Morgan fingerprint density at radius 2 is 2.04 bits per heavy atom. The van der Waals surface area contributed by atoms with Crippen LogP contribution in [0.2, 0.25) is 0 Å². The predicted octanol–water partition coefficient (Wildman–Crippen LogP) is 3.94. The van der Waals surface area contributed by atoms with Gasteiger partial charge in [0.1, 0.15) is 11.9 Å². The van der Waals surface area contributed by atoms with Gasteiger partial charge in [0, 0.05) is 15.8 Å². The molecule has 1 saturated carbocycles. The van der Waals surface area contributed by atoms with Gasteiger partial charge in [0.25, 0.3) is 0 Å². The minimum Gasteiger partial charge on any atom is -0.466 e. The average Bonchev–Trinajstić information content (AvgIpc) is 3.22. The average molecular weight is 348 g/mol. The van der Waals surface area contributed by atoms with E-state index in [4.69, 9.17) is 4.42 Å². The van der Waals surface area contributed by atoms with Crippen molar-refractivity contribution in [2.45, 2.75) is 57.2 Å². The summed E-state index contributed by atoms with van der Waals surface area (Å²) in [5, 5.41) is 16.2. The van der Waals surface area contributed by atoms with E-state index in [2.05, 4.69) is 10.6 Å². The van der Waals surface area contributed by atoms with Gasteiger partial charge in [-0.15, -0.1) is 11.3 Å². The molecule has 0 saturated heterocycles. The maximum absolute atomic E-state index is 12.0. The van der Waals surface area contributed by atoms with Gasteiger partial charge < -0.3 is 20.2 Å². The van der Waals surface area contributed by atoms with E-state index < -0.39 is 6.10 Å². The Morgan fingerprint density at radius 1 is 1.25 bits per heavy atom. The molecule has 2 aromatic heterocycles. The first-order chi connectivity index (χ1) is 11.7. The SMILES string of the molecule is O=C(NCc1ccc(C(O)c2ccco2)s1)NC1CCCCCC1. The molecule has 0 spiro atoms. The predicted molar refractivity (Wildman–Crippen MR) is 94.0 cm³/mol. The number of amides is 2. The quantitative estimate of drug-likeness (QED) is 0.716. The molecule has 24 heavy (non-hydrogen) atoms. The van der Waals surface area contributed by atoms with Crippen LogP contribution in [-0.4, -0.2) is 17.2 Å². The first-order valence-corrected chi connectivity index (χ1v) is 9.38. The van der Waals surface area contributed by atoms with Crippen LogP contribution < -0.4 is 10.6 Å². The highest BCUT2D eigenvalue weighted by atomic mass is 32.1. The second-order valence-corrected chi connectivity index (χ2v) is 7.44. The molecule has 2 heterocycles. The monoisotopic (exact) mass is 348 g/mol. The third kappa shape index (κ3) is 4.61. The molecule has 1 unspecified atom stereocenters. The molecule has 6 heteroatoms. The van der Waals surface area contributed by atoms with E-state index in [-0.39, 0.29) is 6.03 Å². The Kier molecular flexibility index (Phi) is 5.93. The summed E-state index contributed by atoms with van der Waals surface area (Å²) in [6.45, 7) is 0.466. The summed E-state index contributed by atoms with van der Waals surface area (Å²) in [6, 6.07) is 7.50. The number of aliphatic hydroxyl groups is 1. The van der Waals surface area contributed by atoms with Crippen LogP contribution in [0.1, 0.15) is 60.1 Å². The van der Waals surface area contributed by atoms with Crippen LogP contribution in [0.15, 0.2) is 34.9 Å². The standard InChI is InChI=1S/C18H24N2O3S/c21-17(15-8-5-11-23-15)16-10-9-14(24-16)12-19-18(22)20-13-6-3-1-2-4-7-13/h5,8-11,13,17,21H,1-4,6-7,12H2,(H2,19,20,22). The van der Waals surface area contributed by atoms with E-state index in [1.54, 1.807) is 18.4 Å². The van der Waals surface area contributed by atoms with E-state index >= 15 is 0 Å². The highest BCUT2D eigenvalue weighted by Gasteiger charge is 2.17. The van der Waals surface area contributed by atoms with Crippen molar-refractivity contribution < 1.29 is 14.3 Å². The van der Waals surface area contributed by atoms with Gasteiger partial charge in [0.05, 0.1) is 12.8 Å². The summed E-state index contributed by atoms with van der Waals surface area (Å²) < 4.78 is 5.23. The molecular formula is C18H24N2O3S. The molecule has 2 amide bonds. The largest absolute Gasteiger partial charge is 0.466 e. The molecule has 0 radical (unpaired) electrons. The maximum Gasteiger partial charge on any atom is 0.315 e. The number of rotatable bonds is 5. The molecule has 130 valence electrons. The molecule has 1 aliphatic carbocycles. The zero-order valence-electron chi connectivity index (χ0n) is 13.7. The van der Waals surface area contributed by atoms with Crippen molar-refractivity contribution in [1.29, 1.82) is 0 Å². The van der Waals surface area contributed by atoms with Crippen LogP contribution in [0.3, 0.4) is 0 Å².